The maximum absolute atomic E-state index is 9.99. The van der Waals surface area contributed by atoms with Crippen molar-refractivity contribution in [3.63, 3.8) is 0 Å². The molecule has 0 bridgehead atoms. The number of rotatable bonds is 2. The fourth-order valence-corrected chi connectivity index (χ4v) is 0.365. The molecule has 0 aliphatic carbocycles. The van der Waals surface area contributed by atoms with Crippen LogP contribution in [0.15, 0.2) is 0 Å². The van der Waals surface area contributed by atoms with Gasteiger partial charge < -0.3 is 5.73 Å². The molecule has 0 amide bonds. The minimum atomic E-state index is -3.96. The molecule has 0 rings (SSSR count). The highest BCUT2D eigenvalue weighted by Crippen LogP contribution is 2.03. The van der Waals surface area contributed by atoms with Crippen LogP contribution in [0.3, 0.4) is 0 Å². The molecule has 0 spiro atoms. The van der Waals surface area contributed by atoms with Crippen LogP contribution in [0.1, 0.15) is 0 Å². The van der Waals surface area contributed by atoms with Gasteiger partial charge in [-0.1, -0.05) is 15.9 Å². The monoisotopic (exact) mass is 283 g/mol. The van der Waals surface area contributed by atoms with Gasteiger partial charge in [-0.05, 0) is 0 Å². The first-order valence-electron chi connectivity index (χ1n) is 1.79. The third kappa shape index (κ3) is 5.28. The lowest BCUT2D eigenvalue weighted by atomic mass is 10.8. The summed E-state index contributed by atoms with van der Waals surface area (Å²) < 4.78 is 27.1. The molecule has 3 N–H and O–H groups in total. The normalized spacial score (nSPS) is 14.1. The topological polar surface area (TPSA) is 80.4 Å². The lowest BCUT2D eigenvalue weighted by Gasteiger charge is -1.98. The third-order valence-electron chi connectivity index (χ3n) is 0.509. The van der Waals surface area contributed by atoms with Gasteiger partial charge >= 0.3 is 0 Å². The summed E-state index contributed by atoms with van der Waals surface area (Å²) in [5.41, 5.74) is 4.87. The molecular weight excluding hydrogens is 278 g/mol. The number of hydrogen-bond acceptors (Lipinski definition) is 3. The molecule has 1 atom stereocenters. The lowest BCUT2D eigenvalue weighted by Crippen LogP contribution is -2.22. The van der Waals surface area contributed by atoms with E-state index in [4.69, 9.17) is 10.3 Å². The van der Waals surface area contributed by atoms with Gasteiger partial charge in [0, 0.05) is 6.54 Å². The second-order valence-corrected chi connectivity index (χ2v) is 4.47. The molecule has 0 radical (unpaired) electrons. The summed E-state index contributed by atoms with van der Waals surface area (Å²) in [5.74, 6) is 0. The Bertz CT molecular complexity index is 155. The largest absolute Gasteiger partial charge is 0.328 e. The van der Waals surface area contributed by atoms with Crippen molar-refractivity contribution in [3.05, 3.63) is 0 Å². The Labute approximate surface area is 72.5 Å². The van der Waals surface area contributed by atoms with Gasteiger partial charge in [0.15, 0.2) is 4.16 Å². The molecule has 1 unspecified atom stereocenters. The highest BCUT2D eigenvalue weighted by atomic mass is 79.9. The predicted molar refractivity (Wildman–Crippen MR) is 43.6 cm³/mol. The van der Waals surface area contributed by atoms with Crippen LogP contribution in [-0.2, 0) is 10.1 Å². The highest BCUT2D eigenvalue weighted by molar-refractivity contribution is 9.11. The van der Waals surface area contributed by atoms with E-state index >= 15 is 0 Å². The van der Waals surface area contributed by atoms with Crippen LogP contribution in [0.25, 0.3) is 0 Å². The molecule has 0 saturated carbocycles. The van der Waals surface area contributed by atoms with Gasteiger partial charge in [0.25, 0.3) is 10.1 Å². The van der Waals surface area contributed by atoms with Gasteiger partial charge in [-0.3, -0.25) is 4.55 Å². The molecule has 58 valence electrons. The zero-order valence-corrected chi connectivity index (χ0v) is 8.44. The average molecular weight is 285 g/mol. The summed E-state index contributed by atoms with van der Waals surface area (Å²) in [6, 6.07) is 0. The number of nitrogens with two attached hydrogens (primary N) is 1. The Hall–Kier alpha value is 0.830. The maximum atomic E-state index is 9.99. The highest BCUT2D eigenvalue weighted by Gasteiger charge is 2.15. The minimum Gasteiger partial charge on any atom is -0.328 e. The number of hydrogen-bond donors (Lipinski definition) is 2. The fourth-order valence-electron chi connectivity index (χ4n) is 0.122. The summed E-state index contributed by atoms with van der Waals surface area (Å²) in [5, 5.41) is 0. The van der Waals surface area contributed by atoms with Crippen molar-refractivity contribution in [2.75, 3.05) is 6.54 Å². The standard InChI is InChI=1S/C2H6BrNO3S.BrH/c3-2(1-4)8(5,6)7;/h2H,1,4H2,(H,5,6,7);1H. The second-order valence-electron chi connectivity index (χ2n) is 1.16. The molecule has 0 aromatic rings. The van der Waals surface area contributed by atoms with Gasteiger partial charge in [-0.25, -0.2) is 0 Å². The SMILES string of the molecule is Br.NCC(Br)S(=O)(=O)O. The smallest absolute Gasteiger partial charge is 0.279 e. The van der Waals surface area contributed by atoms with Crippen LogP contribution in [0.4, 0.5) is 0 Å². The summed E-state index contributed by atoms with van der Waals surface area (Å²) in [6.45, 7) is -0.126. The zero-order chi connectivity index (χ0) is 6.78. The van der Waals surface area contributed by atoms with Gasteiger partial charge in [-0.15, -0.1) is 17.0 Å². The quantitative estimate of drug-likeness (QED) is 0.558. The van der Waals surface area contributed by atoms with Crippen molar-refractivity contribution in [1.29, 1.82) is 0 Å². The lowest BCUT2D eigenvalue weighted by molar-refractivity contribution is 0.481. The molecule has 4 nitrogen and oxygen atoms in total. The van der Waals surface area contributed by atoms with Gasteiger partial charge in [0.2, 0.25) is 0 Å². The molecule has 0 aromatic heterocycles. The molecule has 0 aliphatic heterocycles. The van der Waals surface area contributed by atoms with Crippen LogP contribution < -0.4 is 5.73 Å². The van der Waals surface area contributed by atoms with Crippen LogP contribution in [0, 0.1) is 0 Å². The first-order valence-corrected chi connectivity index (χ1v) is 4.21. The number of halogens is 2. The average Bonchev–Trinajstić information content (AvgIpc) is 1.62. The number of alkyl halides is 1. The van der Waals surface area contributed by atoms with Crippen LogP contribution in [0.2, 0.25) is 0 Å². The Balaban J connectivity index is 0. The van der Waals surface area contributed by atoms with Gasteiger partial charge in [0.05, 0.1) is 0 Å². The van der Waals surface area contributed by atoms with Crippen LogP contribution in [0.5, 0.6) is 0 Å². The van der Waals surface area contributed by atoms with Crippen molar-refractivity contribution in [2.24, 2.45) is 5.73 Å². The Morgan fingerprint density at radius 2 is 2.00 bits per heavy atom. The summed E-state index contributed by atoms with van der Waals surface area (Å²) >= 11 is 2.63. The molecule has 9 heavy (non-hydrogen) atoms. The van der Waals surface area contributed by atoms with E-state index in [-0.39, 0.29) is 23.5 Å². The molecule has 7 heteroatoms. The van der Waals surface area contributed by atoms with E-state index in [2.05, 4.69) is 15.9 Å². The Kier molecular flexibility index (Phi) is 6.41. The van der Waals surface area contributed by atoms with Crippen molar-refractivity contribution in [2.45, 2.75) is 4.16 Å². The maximum Gasteiger partial charge on any atom is 0.279 e. The molecule has 0 heterocycles. The summed E-state index contributed by atoms with van der Waals surface area (Å²) in [6.07, 6.45) is 0. The van der Waals surface area contributed by atoms with E-state index in [0.717, 1.165) is 0 Å². The van der Waals surface area contributed by atoms with Crippen molar-refractivity contribution >= 4 is 43.0 Å². The van der Waals surface area contributed by atoms with Gasteiger partial charge in [0.1, 0.15) is 0 Å². The second kappa shape index (κ2) is 4.62. The Morgan fingerprint density at radius 1 is 1.67 bits per heavy atom. The fraction of sp³-hybridized carbons (Fsp3) is 1.00. The molecule has 0 saturated heterocycles. The van der Waals surface area contributed by atoms with E-state index in [0.29, 0.717) is 0 Å². The molecular formula is C2H7Br2NO3S. The summed E-state index contributed by atoms with van der Waals surface area (Å²) in [7, 11) is -3.96. The molecule has 0 aromatic carbocycles. The van der Waals surface area contributed by atoms with E-state index in [1.165, 1.54) is 0 Å². The van der Waals surface area contributed by atoms with Crippen molar-refractivity contribution < 1.29 is 13.0 Å². The third-order valence-corrected chi connectivity index (χ3v) is 3.14. The van der Waals surface area contributed by atoms with E-state index in [1.54, 1.807) is 0 Å². The van der Waals surface area contributed by atoms with Gasteiger partial charge in [-0.2, -0.15) is 8.42 Å². The molecule has 0 aliphatic rings. The van der Waals surface area contributed by atoms with Crippen molar-refractivity contribution in [3.8, 4) is 0 Å². The van der Waals surface area contributed by atoms with E-state index in [1.807, 2.05) is 0 Å². The van der Waals surface area contributed by atoms with Crippen molar-refractivity contribution in [1.82, 2.24) is 0 Å². The predicted octanol–water partition coefficient (Wildman–Crippen LogP) is 0.132. The van der Waals surface area contributed by atoms with Crippen LogP contribution in [-0.4, -0.2) is 23.7 Å². The zero-order valence-electron chi connectivity index (χ0n) is 4.32. The van der Waals surface area contributed by atoms with E-state index < -0.39 is 14.3 Å². The van der Waals surface area contributed by atoms with Crippen LogP contribution >= 0.6 is 32.9 Å². The Morgan fingerprint density at radius 3 is 2.00 bits per heavy atom. The summed E-state index contributed by atoms with van der Waals surface area (Å²) in [4.78, 5) is 0. The molecule has 0 fully saturated rings. The van der Waals surface area contributed by atoms with E-state index in [9.17, 15) is 8.42 Å². The first kappa shape index (κ1) is 12.5. The first-order chi connectivity index (χ1) is 3.48. The minimum absolute atomic E-state index is 0.